The molecule has 0 radical (unpaired) electrons. The van der Waals surface area contributed by atoms with Gasteiger partial charge in [-0.2, -0.15) is 0 Å². The Kier molecular flexibility index (Phi) is 9.72. The molecule has 0 fully saturated rings. The van der Waals surface area contributed by atoms with Crippen LogP contribution in [0.25, 0.3) is 0 Å². The number of ether oxygens (including phenoxy) is 3. The quantitative estimate of drug-likeness (QED) is 0.430. The van der Waals surface area contributed by atoms with Gasteiger partial charge in [-0.05, 0) is 43.5 Å². The molecule has 0 saturated heterocycles. The molecule has 0 aliphatic carbocycles. The van der Waals surface area contributed by atoms with Gasteiger partial charge in [0.2, 0.25) is 0 Å². The maximum absolute atomic E-state index is 12.2. The van der Waals surface area contributed by atoms with E-state index in [1.807, 2.05) is 6.92 Å². The first-order valence-electron chi connectivity index (χ1n) is 9.79. The summed E-state index contributed by atoms with van der Waals surface area (Å²) in [5, 5.41) is 3.13. The molecule has 1 aromatic heterocycles. The van der Waals surface area contributed by atoms with Crippen LogP contribution in [0.4, 0.5) is 13.2 Å². The van der Waals surface area contributed by atoms with Crippen LogP contribution in [0.5, 0.6) is 11.5 Å². The van der Waals surface area contributed by atoms with E-state index in [4.69, 9.17) is 15.2 Å². The Morgan fingerprint density at radius 3 is 2.47 bits per heavy atom. The number of aryl methyl sites for hydroxylation is 1. The summed E-state index contributed by atoms with van der Waals surface area (Å²) in [6, 6.07) is 4.67. The lowest BCUT2D eigenvalue weighted by molar-refractivity contribution is -0.274. The fraction of sp³-hybridized carbons (Fsp3) is 0.450. The maximum atomic E-state index is 12.2. The number of hydrogen-bond donors (Lipinski definition) is 2. The molecule has 176 valence electrons. The molecule has 0 aliphatic rings. The van der Waals surface area contributed by atoms with Crippen LogP contribution < -0.4 is 20.5 Å². The minimum atomic E-state index is -4.78. The molecule has 0 spiro atoms. The highest BCUT2D eigenvalue weighted by atomic mass is 32.1. The Balaban J connectivity index is 1.80. The van der Waals surface area contributed by atoms with E-state index in [0.717, 1.165) is 29.9 Å². The molecule has 12 heteroatoms. The number of rotatable bonds is 13. The zero-order valence-electron chi connectivity index (χ0n) is 17.4. The maximum Gasteiger partial charge on any atom is 0.573 e. The van der Waals surface area contributed by atoms with Gasteiger partial charge >= 0.3 is 6.36 Å². The van der Waals surface area contributed by atoms with Crippen LogP contribution in [0.3, 0.4) is 0 Å². The summed E-state index contributed by atoms with van der Waals surface area (Å²) in [6.45, 7) is 2.99. The second-order valence-electron chi connectivity index (χ2n) is 6.54. The van der Waals surface area contributed by atoms with Gasteiger partial charge in [0, 0.05) is 18.1 Å². The summed E-state index contributed by atoms with van der Waals surface area (Å²) < 4.78 is 50.9. The number of carbonyl (C=O) groups excluding carboxylic acids is 2. The van der Waals surface area contributed by atoms with E-state index in [1.165, 1.54) is 23.5 Å². The number of nitrogens with one attached hydrogen (secondary N) is 1. The number of carbonyl (C=O) groups is 2. The van der Waals surface area contributed by atoms with Gasteiger partial charge in [-0.15, -0.1) is 24.5 Å². The van der Waals surface area contributed by atoms with Crippen LogP contribution >= 0.6 is 11.3 Å². The van der Waals surface area contributed by atoms with Crippen molar-refractivity contribution in [2.75, 3.05) is 19.8 Å². The average Bonchev–Trinajstić information content (AvgIpc) is 3.14. The lowest BCUT2D eigenvalue weighted by atomic mass is 10.2. The van der Waals surface area contributed by atoms with Crippen molar-refractivity contribution in [1.82, 2.24) is 10.3 Å². The molecule has 3 N–H and O–H groups in total. The number of amides is 2. The third-order valence-electron chi connectivity index (χ3n) is 3.88. The fourth-order valence-electron chi connectivity index (χ4n) is 2.53. The van der Waals surface area contributed by atoms with E-state index in [1.54, 1.807) is 0 Å². The lowest BCUT2D eigenvalue weighted by Crippen LogP contribution is -2.28. The topological polar surface area (TPSA) is 113 Å². The number of thiazole rings is 1. The zero-order valence-corrected chi connectivity index (χ0v) is 18.2. The number of benzene rings is 1. The summed E-state index contributed by atoms with van der Waals surface area (Å²) in [6.07, 6.45) is -2.55. The smallest absolute Gasteiger partial charge is 0.484 e. The SMILES string of the molecule is CCCOCCCc1sc(CNC(=O)COc2ccc(OC(F)(F)F)cc2)nc1C(N)=O. The Labute approximate surface area is 186 Å². The van der Waals surface area contributed by atoms with Crippen LogP contribution in [0, 0.1) is 0 Å². The van der Waals surface area contributed by atoms with Crippen molar-refractivity contribution in [3.63, 3.8) is 0 Å². The molecule has 32 heavy (non-hydrogen) atoms. The van der Waals surface area contributed by atoms with Gasteiger partial charge in [-0.3, -0.25) is 9.59 Å². The van der Waals surface area contributed by atoms with Gasteiger partial charge in [-0.1, -0.05) is 6.92 Å². The van der Waals surface area contributed by atoms with E-state index in [2.05, 4.69) is 15.0 Å². The summed E-state index contributed by atoms with van der Waals surface area (Å²) in [5.74, 6) is -1.29. The molecule has 2 aromatic rings. The highest BCUT2D eigenvalue weighted by Crippen LogP contribution is 2.24. The molecule has 0 atom stereocenters. The molecular weight excluding hydrogens is 451 g/mol. The van der Waals surface area contributed by atoms with Crippen molar-refractivity contribution >= 4 is 23.2 Å². The lowest BCUT2D eigenvalue weighted by Gasteiger charge is -2.10. The van der Waals surface area contributed by atoms with Crippen molar-refractivity contribution in [2.45, 2.75) is 39.1 Å². The standard InChI is InChI=1S/C20H24F3N3O5S/c1-2-9-29-10-3-4-15-18(19(24)28)26-17(32-15)11-25-16(27)12-30-13-5-7-14(8-6-13)31-20(21,22)23/h5-8H,2-4,9-12H2,1H3,(H2,24,28)(H,25,27). The molecular formula is C20H24F3N3O5S. The highest BCUT2D eigenvalue weighted by molar-refractivity contribution is 7.11. The largest absolute Gasteiger partial charge is 0.573 e. The van der Waals surface area contributed by atoms with Crippen molar-refractivity contribution in [3.8, 4) is 11.5 Å². The van der Waals surface area contributed by atoms with Crippen LogP contribution in [-0.4, -0.2) is 43.0 Å². The van der Waals surface area contributed by atoms with Gasteiger partial charge in [0.15, 0.2) is 6.61 Å². The molecule has 2 amide bonds. The van der Waals surface area contributed by atoms with Crippen LogP contribution in [-0.2, 0) is 22.5 Å². The molecule has 8 nitrogen and oxygen atoms in total. The van der Waals surface area contributed by atoms with Gasteiger partial charge in [0.05, 0.1) is 6.54 Å². The minimum absolute atomic E-state index is 0.0812. The second-order valence-corrected chi connectivity index (χ2v) is 7.71. The number of alkyl halides is 3. The number of nitrogens with two attached hydrogens (primary N) is 1. The van der Waals surface area contributed by atoms with Gasteiger partial charge in [-0.25, -0.2) is 4.98 Å². The summed E-state index contributed by atoms with van der Waals surface area (Å²) in [5.41, 5.74) is 5.57. The first-order chi connectivity index (χ1) is 15.2. The van der Waals surface area contributed by atoms with Crippen LogP contribution in [0.15, 0.2) is 24.3 Å². The van der Waals surface area contributed by atoms with E-state index >= 15 is 0 Å². The molecule has 2 rings (SSSR count). The number of primary amides is 1. The predicted octanol–water partition coefficient (Wildman–Crippen LogP) is 3.20. The van der Waals surface area contributed by atoms with Crippen molar-refractivity contribution in [2.24, 2.45) is 5.73 Å². The van der Waals surface area contributed by atoms with Crippen molar-refractivity contribution in [3.05, 3.63) is 39.8 Å². The first-order valence-corrected chi connectivity index (χ1v) is 10.6. The number of nitrogens with zero attached hydrogens (tertiary/aromatic N) is 1. The molecule has 0 unspecified atom stereocenters. The second kappa shape index (κ2) is 12.2. The van der Waals surface area contributed by atoms with Gasteiger partial charge < -0.3 is 25.3 Å². The molecule has 1 heterocycles. The molecule has 0 bridgehead atoms. The van der Waals surface area contributed by atoms with E-state index in [0.29, 0.717) is 24.6 Å². The Morgan fingerprint density at radius 2 is 1.84 bits per heavy atom. The summed E-state index contributed by atoms with van der Waals surface area (Å²) in [4.78, 5) is 28.6. The number of hydrogen-bond acceptors (Lipinski definition) is 7. The normalized spacial score (nSPS) is 11.2. The predicted molar refractivity (Wildman–Crippen MR) is 111 cm³/mol. The third kappa shape index (κ3) is 9.10. The van der Waals surface area contributed by atoms with Crippen molar-refractivity contribution < 1.29 is 37.0 Å². The van der Waals surface area contributed by atoms with Crippen LogP contribution in [0.2, 0.25) is 0 Å². The first kappa shape index (κ1) is 25.4. The Morgan fingerprint density at radius 1 is 1.16 bits per heavy atom. The van der Waals surface area contributed by atoms with E-state index in [9.17, 15) is 22.8 Å². The van der Waals surface area contributed by atoms with Crippen LogP contribution in [0.1, 0.15) is 40.1 Å². The van der Waals surface area contributed by atoms with E-state index in [-0.39, 0.29) is 24.6 Å². The molecule has 0 aliphatic heterocycles. The minimum Gasteiger partial charge on any atom is -0.484 e. The summed E-state index contributed by atoms with van der Waals surface area (Å²) in [7, 11) is 0. The third-order valence-corrected chi connectivity index (χ3v) is 5.00. The summed E-state index contributed by atoms with van der Waals surface area (Å²) >= 11 is 1.29. The van der Waals surface area contributed by atoms with Gasteiger partial charge in [0.1, 0.15) is 22.2 Å². The zero-order chi connectivity index (χ0) is 23.6. The number of halogens is 3. The van der Waals surface area contributed by atoms with E-state index < -0.39 is 23.9 Å². The molecule has 0 saturated carbocycles. The monoisotopic (exact) mass is 475 g/mol. The highest BCUT2D eigenvalue weighted by Gasteiger charge is 2.31. The van der Waals surface area contributed by atoms with Gasteiger partial charge in [0.25, 0.3) is 11.8 Å². The molecule has 1 aromatic carbocycles. The Bertz CT molecular complexity index is 888. The average molecular weight is 475 g/mol. The number of aromatic nitrogens is 1. The fourth-order valence-corrected chi connectivity index (χ4v) is 3.59. The van der Waals surface area contributed by atoms with Crippen molar-refractivity contribution in [1.29, 1.82) is 0 Å². The Hall–Kier alpha value is -2.86.